The fourth-order valence-electron chi connectivity index (χ4n) is 6.59. The van der Waals surface area contributed by atoms with E-state index in [4.69, 9.17) is 9.72 Å². The van der Waals surface area contributed by atoms with E-state index < -0.39 is 0 Å². The standard InChI is InChI=1S/C36H37N5O.Pt/c1-36(2,3)26-15-17-37-35(19-26)40-22-25-16-18-38(4)23-31(25)30-14-13-29(21-34(30)40)42-28-10-8-9-27(20-28)41-24-39(5)32-11-6-7-12-33(32)41;/h6-15,17,19,25,31H,16,18,22-23H2,1-5H3;/q-2;. The number of nitrogens with zero attached hydrogens (tertiary/aromatic N) is 5. The van der Waals surface area contributed by atoms with Gasteiger partial charge in [0.1, 0.15) is 0 Å². The molecule has 2 aliphatic heterocycles. The van der Waals surface area contributed by atoms with Crippen LogP contribution in [0.4, 0.5) is 11.5 Å². The third kappa shape index (κ3) is 5.19. The average Bonchev–Trinajstić information content (AvgIpc) is 3.26. The maximum atomic E-state index is 6.49. The van der Waals surface area contributed by atoms with Gasteiger partial charge in [-0.2, -0.15) is 0 Å². The molecular weight excluding hydrogens is 714 g/mol. The molecule has 4 heterocycles. The number of hydrogen-bond acceptors (Lipinski definition) is 4. The van der Waals surface area contributed by atoms with Crippen molar-refractivity contribution in [1.82, 2.24) is 19.0 Å². The molecule has 0 bridgehead atoms. The number of likely N-dealkylation sites (N-methyl/N-ethyl adjacent to an activating group) is 1. The molecule has 7 rings (SSSR count). The van der Waals surface area contributed by atoms with Crippen LogP contribution in [0.25, 0.3) is 16.7 Å². The molecule has 0 radical (unpaired) electrons. The van der Waals surface area contributed by atoms with Crippen LogP contribution in [-0.4, -0.2) is 45.7 Å². The van der Waals surface area contributed by atoms with Gasteiger partial charge in [0.05, 0.1) is 0 Å². The number of piperidine rings is 1. The number of aryl methyl sites for hydroxylation is 1. The summed E-state index contributed by atoms with van der Waals surface area (Å²) in [5.41, 5.74) is 6.97. The van der Waals surface area contributed by atoms with Crippen LogP contribution >= 0.6 is 0 Å². The summed E-state index contributed by atoms with van der Waals surface area (Å²) in [5, 5.41) is 0. The molecule has 1 fully saturated rings. The van der Waals surface area contributed by atoms with Gasteiger partial charge in [0.15, 0.2) is 0 Å². The minimum absolute atomic E-state index is 0.0435. The van der Waals surface area contributed by atoms with Crippen molar-refractivity contribution in [2.75, 3.05) is 31.6 Å². The van der Waals surface area contributed by atoms with E-state index in [1.165, 1.54) is 23.1 Å². The predicted molar refractivity (Wildman–Crippen MR) is 168 cm³/mol. The second-order valence-corrected chi connectivity index (χ2v) is 14.0. The Bertz CT molecular complexity index is 1880. The molecule has 2 aromatic heterocycles. The molecule has 0 amide bonds. The second-order valence-electron chi connectivity index (χ2n) is 12.9. The van der Waals surface area contributed by atoms with E-state index in [1.807, 2.05) is 18.3 Å². The number of rotatable bonds is 4. The van der Waals surface area contributed by atoms with Gasteiger partial charge in [0.25, 0.3) is 0 Å². The van der Waals surface area contributed by atoms with E-state index in [1.54, 1.807) is 0 Å². The van der Waals surface area contributed by atoms with Crippen LogP contribution in [-0.2, 0) is 31.8 Å². The summed E-state index contributed by atoms with van der Waals surface area (Å²) < 4.78 is 12.0. The van der Waals surface area contributed by atoms with E-state index in [0.717, 1.165) is 46.1 Å². The van der Waals surface area contributed by atoms with Crippen molar-refractivity contribution in [3.63, 3.8) is 0 Å². The van der Waals surface area contributed by atoms with Gasteiger partial charge in [-0.15, -0.1) is 0 Å². The quantitative estimate of drug-likeness (QED) is 0.181. The van der Waals surface area contributed by atoms with Gasteiger partial charge in [-0.3, -0.25) is 0 Å². The number of ether oxygens (including phenoxy) is 1. The molecule has 43 heavy (non-hydrogen) atoms. The van der Waals surface area contributed by atoms with Crippen molar-refractivity contribution >= 4 is 22.5 Å². The number of hydrogen-bond donors (Lipinski definition) is 0. The van der Waals surface area contributed by atoms with E-state index in [2.05, 4.69) is 140 Å². The maximum absolute atomic E-state index is 6.49. The summed E-state index contributed by atoms with van der Waals surface area (Å²) in [4.78, 5) is 9.69. The molecule has 5 aromatic rings. The number of pyridine rings is 1. The Morgan fingerprint density at radius 3 is 2.51 bits per heavy atom. The first-order valence-electron chi connectivity index (χ1n) is 15.0. The fourth-order valence-corrected chi connectivity index (χ4v) is 7.42. The van der Waals surface area contributed by atoms with Gasteiger partial charge < -0.3 is 4.90 Å². The second kappa shape index (κ2) is 10.9. The topological polar surface area (TPSA) is 38.5 Å². The number of likely N-dealkylation sites (tertiary alicyclic amines) is 1. The molecule has 0 aliphatic carbocycles. The van der Waals surface area contributed by atoms with Crippen LogP contribution in [0, 0.1) is 21.9 Å². The summed E-state index contributed by atoms with van der Waals surface area (Å²) in [7, 11) is 4.33. The Morgan fingerprint density at radius 1 is 0.907 bits per heavy atom. The van der Waals surface area contributed by atoms with Gasteiger partial charge >= 0.3 is 197 Å². The summed E-state index contributed by atoms with van der Waals surface area (Å²) in [6.45, 7) is 9.89. The first kappa shape index (κ1) is 28.3. The van der Waals surface area contributed by atoms with Crippen molar-refractivity contribution < 1.29 is 24.1 Å². The third-order valence-corrected chi connectivity index (χ3v) is 10.3. The molecular formula is C36H37N5OPt-2. The zero-order valence-corrected chi connectivity index (χ0v) is 27.6. The van der Waals surface area contributed by atoms with Crippen LogP contribution in [0.2, 0.25) is 0 Å². The number of para-hydroxylation sites is 2. The number of anilines is 2. The number of benzene rings is 3. The van der Waals surface area contributed by atoms with Crippen molar-refractivity contribution in [2.45, 2.75) is 38.5 Å². The Kier molecular flexibility index (Phi) is 7.18. The molecule has 2 aliphatic rings. The van der Waals surface area contributed by atoms with E-state index in [-0.39, 0.29) is 5.41 Å². The SMILES string of the molecule is CN1CCC2CN(c3cc(C(C)(C)C)ccn3)c3[c-]c(Oc4[c-]c(-n5[c](=[Pt])n(C)c6ccccc65)ccc4)ccc3C2C1. The molecule has 0 N–H and O–H groups in total. The molecule has 7 heteroatoms. The van der Waals surface area contributed by atoms with Crippen molar-refractivity contribution in [3.05, 3.63) is 100.0 Å². The van der Waals surface area contributed by atoms with Gasteiger partial charge in [-0.05, 0) is 37.1 Å². The number of fused-ring (bicyclic) bond motifs is 4. The molecule has 3 aromatic carbocycles. The van der Waals surface area contributed by atoms with Crippen LogP contribution in [0.15, 0.2) is 72.9 Å². The Hall–Kier alpha value is -3.47. The zero-order valence-electron chi connectivity index (χ0n) is 25.4. The van der Waals surface area contributed by atoms with E-state index in [0.29, 0.717) is 23.3 Å². The summed E-state index contributed by atoms with van der Waals surface area (Å²) in [6, 6.07) is 30.4. The Morgan fingerprint density at radius 2 is 1.70 bits per heavy atom. The van der Waals surface area contributed by atoms with Crippen molar-refractivity contribution in [2.24, 2.45) is 13.0 Å². The van der Waals surface area contributed by atoms with Gasteiger partial charge in [-0.25, -0.2) is 0 Å². The average molecular weight is 751 g/mol. The van der Waals surface area contributed by atoms with E-state index >= 15 is 0 Å². The molecule has 1 saturated heterocycles. The molecule has 6 nitrogen and oxygen atoms in total. The fraction of sp³-hybridized carbons (Fsp3) is 0.333. The summed E-state index contributed by atoms with van der Waals surface area (Å²) >= 11 is 2.38. The third-order valence-electron chi connectivity index (χ3n) is 8.99. The minimum atomic E-state index is 0.0435. The summed E-state index contributed by atoms with van der Waals surface area (Å²) in [6.07, 6.45) is 3.13. The first-order valence-corrected chi connectivity index (χ1v) is 16.1. The Balaban J connectivity index is 1.27. The van der Waals surface area contributed by atoms with Gasteiger partial charge in [-0.1, -0.05) is 20.8 Å². The van der Waals surface area contributed by atoms with Crippen LogP contribution in [0.1, 0.15) is 44.2 Å². The van der Waals surface area contributed by atoms with Gasteiger partial charge in [0.2, 0.25) is 0 Å². The molecule has 2 atom stereocenters. The Labute approximate surface area is 265 Å². The monoisotopic (exact) mass is 750 g/mol. The van der Waals surface area contributed by atoms with E-state index in [9.17, 15) is 0 Å². The predicted octanol–water partition coefficient (Wildman–Crippen LogP) is 7.32. The zero-order chi connectivity index (χ0) is 29.9. The summed E-state index contributed by atoms with van der Waals surface area (Å²) in [5.74, 6) is 3.38. The van der Waals surface area contributed by atoms with Crippen LogP contribution < -0.4 is 9.64 Å². The first-order chi connectivity index (χ1) is 20.7. The normalized spacial score (nSPS) is 18.9. The van der Waals surface area contributed by atoms with Crippen molar-refractivity contribution in [1.29, 1.82) is 0 Å². The van der Waals surface area contributed by atoms with Crippen LogP contribution in [0.3, 0.4) is 0 Å². The molecule has 224 valence electrons. The number of imidazole rings is 1. The molecule has 0 saturated carbocycles. The molecule has 0 spiro atoms. The molecule has 2 unspecified atom stereocenters. The van der Waals surface area contributed by atoms with Gasteiger partial charge in [0, 0.05) is 6.20 Å². The van der Waals surface area contributed by atoms with Crippen molar-refractivity contribution in [3.8, 4) is 17.2 Å². The number of aromatic nitrogens is 3. The van der Waals surface area contributed by atoms with Crippen LogP contribution in [0.5, 0.6) is 11.5 Å².